The van der Waals surface area contributed by atoms with Crippen molar-refractivity contribution >= 4 is 28.4 Å². The van der Waals surface area contributed by atoms with Crippen molar-refractivity contribution in [3.05, 3.63) is 172 Å². The highest BCUT2D eigenvalue weighted by Crippen LogP contribution is 2.60. The number of anilines is 5. The highest BCUT2D eigenvalue weighted by Gasteiger charge is 2.50. The molecule has 0 amide bonds. The first-order valence-electron chi connectivity index (χ1n) is 16.1. The number of nitrogens with two attached hydrogens (primary N) is 2. The van der Waals surface area contributed by atoms with Crippen LogP contribution in [0.1, 0.15) is 58.4 Å². The second-order valence-corrected chi connectivity index (χ2v) is 13.3. The van der Waals surface area contributed by atoms with Crippen molar-refractivity contribution in [2.75, 3.05) is 16.4 Å². The maximum absolute atomic E-state index is 7.05. The molecule has 2 aliphatic heterocycles. The van der Waals surface area contributed by atoms with Gasteiger partial charge in [-0.1, -0.05) is 98.8 Å². The summed E-state index contributed by atoms with van der Waals surface area (Å²) in [5.41, 5.74) is 27.3. The van der Waals surface area contributed by atoms with Crippen molar-refractivity contribution in [3.63, 3.8) is 0 Å². The van der Waals surface area contributed by atoms with Gasteiger partial charge in [0.2, 0.25) is 0 Å². The van der Waals surface area contributed by atoms with E-state index in [1.807, 2.05) is 18.2 Å². The number of hydrogen-bond donors (Lipinski definition) is 2. The number of para-hydroxylation sites is 4. The first kappa shape index (κ1) is 26.9. The van der Waals surface area contributed by atoms with Crippen molar-refractivity contribution in [2.45, 2.75) is 37.5 Å². The minimum atomic E-state index is -0.704. The summed E-state index contributed by atoms with van der Waals surface area (Å²) in [5.74, 6) is 1.68. The third-order valence-electron chi connectivity index (χ3n) is 10.6. The van der Waals surface area contributed by atoms with Crippen LogP contribution in [0.25, 0.3) is 0 Å². The topological polar surface area (TPSA) is 64.5 Å². The molecular formula is C42H35N3O. The fourth-order valence-corrected chi connectivity index (χ4v) is 8.53. The van der Waals surface area contributed by atoms with Gasteiger partial charge in [0.15, 0.2) is 0 Å². The van der Waals surface area contributed by atoms with E-state index in [9.17, 15) is 0 Å². The minimum Gasteiger partial charge on any atom is -0.457 e. The van der Waals surface area contributed by atoms with Crippen LogP contribution >= 0.6 is 0 Å². The summed E-state index contributed by atoms with van der Waals surface area (Å²) in [7, 11) is 0. The summed E-state index contributed by atoms with van der Waals surface area (Å²) < 4.78 is 6.58. The lowest BCUT2D eigenvalue weighted by Gasteiger charge is -2.44. The Bertz CT molecular complexity index is 2120. The molecule has 2 heterocycles. The molecule has 0 saturated heterocycles. The number of nitrogens with zero attached hydrogens (tertiary/aromatic N) is 1. The molecule has 6 aromatic carbocycles. The van der Waals surface area contributed by atoms with Gasteiger partial charge in [0.05, 0.1) is 28.2 Å². The van der Waals surface area contributed by atoms with Gasteiger partial charge in [-0.25, -0.2) is 0 Å². The molecule has 0 unspecified atom stereocenters. The van der Waals surface area contributed by atoms with Crippen molar-refractivity contribution in [1.82, 2.24) is 0 Å². The maximum atomic E-state index is 7.05. The van der Waals surface area contributed by atoms with E-state index >= 15 is 0 Å². The number of hydrogen-bond acceptors (Lipinski definition) is 4. The minimum absolute atomic E-state index is 0.117. The lowest BCUT2D eigenvalue weighted by Crippen LogP contribution is -2.36. The first-order valence-corrected chi connectivity index (χ1v) is 16.1. The Morgan fingerprint density at radius 1 is 0.565 bits per heavy atom. The summed E-state index contributed by atoms with van der Waals surface area (Å²) >= 11 is 0. The average molecular weight is 598 g/mol. The molecule has 0 bridgehead atoms. The molecule has 0 fully saturated rings. The Morgan fingerprint density at radius 3 is 1.74 bits per heavy atom. The molecular weight excluding hydrogens is 562 g/mol. The third-order valence-corrected chi connectivity index (χ3v) is 10.6. The van der Waals surface area contributed by atoms with Gasteiger partial charge in [0.25, 0.3) is 0 Å². The largest absolute Gasteiger partial charge is 0.457 e. The van der Waals surface area contributed by atoms with Crippen LogP contribution in [0.5, 0.6) is 11.5 Å². The smallest absolute Gasteiger partial charge is 0.132 e. The van der Waals surface area contributed by atoms with E-state index in [4.69, 9.17) is 16.2 Å². The quantitative estimate of drug-likeness (QED) is 0.185. The predicted molar refractivity (Wildman–Crippen MR) is 188 cm³/mol. The average Bonchev–Trinajstić information content (AvgIpc) is 3.22. The standard InChI is InChI=1S/C42H35N3O/c1-41(2)30-11-3-7-15-35(30)45(36-16-8-4-12-31(36)41)28-22-23-29-27(25-28)20-19-26-21-24-34(43)40(44)39(26)42(29)32-13-5-9-17-37(32)46-38-18-10-6-14-33(38)42/h3-18,21-25H,19-20,43-44H2,1-2H3. The van der Waals surface area contributed by atoms with Gasteiger partial charge in [0.1, 0.15) is 11.5 Å². The first-order chi connectivity index (χ1) is 22.4. The predicted octanol–water partition coefficient (Wildman–Crippen LogP) is 9.55. The summed E-state index contributed by atoms with van der Waals surface area (Å²) in [6, 6.07) is 45.6. The molecule has 4 N–H and O–H groups in total. The van der Waals surface area contributed by atoms with Crippen molar-refractivity contribution in [2.24, 2.45) is 0 Å². The number of rotatable bonds is 1. The molecule has 0 saturated carbocycles. The van der Waals surface area contributed by atoms with Crippen LogP contribution in [0.3, 0.4) is 0 Å². The second kappa shape index (κ2) is 9.51. The molecule has 9 rings (SSSR count). The normalized spacial score (nSPS) is 16.1. The summed E-state index contributed by atoms with van der Waals surface area (Å²) in [5, 5.41) is 0. The Kier molecular flexibility index (Phi) is 5.56. The van der Waals surface area contributed by atoms with Crippen LogP contribution in [0.15, 0.2) is 127 Å². The van der Waals surface area contributed by atoms with E-state index in [2.05, 4.69) is 128 Å². The van der Waals surface area contributed by atoms with E-state index in [0.717, 1.165) is 46.7 Å². The molecule has 224 valence electrons. The van der Waals surface area contributed by atoms with Crippen molar-refractivity contribution in [1.29, 1.82) is 0 Å². The van der Waals surface area contributed by atoms with Gasteiger partial charge >= 0.3 is 0 Å². The van der Waals surface area contributed by atoms with Crippen LogP contribution in [-0.2, 0) is 23.7 Å². The summed E-state index contributed by atoms with van der Waals surface area (Å²) in [6.07, 6.45) is 1.72. The lowest BCUT2D eigenvalue weighted by atomic mass is 9.62. The lowest BCUT2D eigenvalue weighted by molar-refractivity contribution is 0.434. The van der Waals surface area contributed by atoms with Gasteiger partial charge in [-0.3, -0.25) is 0 Å². The van der Waals surface area contributed by atoms with Crippen molar-refractivity contribution < 1.29 is 4.74 Å². The second-order valence-electron chi connectivity index (χ2n) is 13.3. The molecule has 4 nitrogen and oxygen atoms in total. The molecule has 0 aromatic heterocycles. The molecule has 0 atom stereocenters. The van der Waals surface area contributed by atoms with Crippen LogP contribution in [0.2, 0.25) is 0 Å². The van der Waals surface area contributed by atoms with Crippen LogP contribution < -0.4 is 21.1 Å². The Labute approximate surface area is 269 Å². The third kappa shape index (κ3) is 3.44. The van der Waals surface area contributed by atoms with Gasteiger partial charge in [-0.15, -0.1) is 0 Å². The maximum Gasteiger partial charge on any atom is 0.132 e. The summed E-state index contributed by atoms with van der Waals surface area (Å²) in [4.78, 5) is 2.44. The van der Waals surface area contributed by atoms with Gasteiger partial charge in [-0.2, -0.15) is 0 Å². The molecule has 1 aliphatic carbocycles. The zero-order valence-corrected chi connectivity index (χ0v) is 26.0. The fourth-order valence-electron chi connectivity index (χ4n) is 8.53. The zero-order chi connectivity index (χ0) is 31.2. The molecule has 46 heavy (non-hydrogen) atoms. The molecule has 0 radical (unpaired) electrons. The zero-order valence-electron chi connectivity index (χ0n) is 26.0. The number of ether oxygens (including phenoxy) is 1. The van der Waals surface area contributed by atoms with Crippen LogP contribution in [0, 0.1) is 0 Å². The molecule has 4 heteroatoms. The molecule has 6 aromatic rings. The monoisotopic (exact) mass is 597 g/mol. The van der Waals surface area contributed by atoms with E-state index in [1.165, 1.54) is 39.2 Å². The number of fused-ring (bicyclic) bond motifs is 10. The van der Waals surface area contributed by atoms with Gasteiger partial charge in [0, 0.05) is 27.8 Å². The molecule has 3 aliphatic rings. The fraction of sp³-hybridized carbons (Fsp3) is 0.143. The van der Waals surface area contributed by atoms with Gasteiger partial charge in [-0.05, 0) is 83.1 Å². The van der Waals surface area contributed by atoms with Crippen LogP contribution in [-0.4, -0.2) is 0 Å². The van der Waals surface area contributed by atoms with E-state index in [-0.39, 0.29) is 5.41 Å². The number of benzene rings is 6. The van der Waals surface area contributed by atoms with E-state index in [0.29, 0.717) is 11.4 Å². The van der Waals surface area contributed by atoms with E-state index in [1.54, 1.807) is 0 Å². The highest BCUT2D eigenvalue weighted by molar-refractivity contribution is 5.87. The number of nitrogen functional groups attached to an aromatic ring is 2. The highest BCUT2D eigenvalue weighted by atomic mass is 16.5. The van der Waals surface area contributed by atoms with Crippen molar-refractivity contribution in [3.8, 4) is 11.5 Å². The molecule has 1 spiro atoms. The van der Waals surface area contributed by atoms with E-state index < -0.39 is 5.41 Å². The Hall–Kier alpha value is -5.48. The Morgan fingerprint density at radius 2 is 1.11 bits per heavy atom. The van der Waals surface area contributed by atoms with Gasteiger partial charge < -0.3 is 21.1 Å². The summed E-state index contributed by atoms with van der Waals surface area (Å²) in [6.45, 7) is 4.66. The number of aryl methyl sites for hydroxylation is 2. The SMILES string of the molecule is CC1(C)c2ccccc2N(c2ccc3c(c2)CCc2ccc(N)c(N)c2C32c3ccccc3Oc3ccccc32)c2ccccc21. The Balaban J connectivity index is 1.36. The van der Waals surface area contributed by atoms with Crippen LogP contribution in [0.4, 0.5) is 28.4 Å².